The van der Waals surface area contributed by atoms with Gasteiger partial charge < -0.3 is 10.1 Å². The van der Waals surface area contributed by atoms with Gasteiger partial charge in [0.25, 0.3) is 5.88 Å². The quantitative estimate of drug-likeness (QED) is 0.635. The summed E-state index contributed by atoms with van der Waals surface area (Å²) < 4.78 is 53.8. The zero-order chi connectivity index (χ0) is 13.6. The van der Waals surface area contributed by atoms with Crippen LogP contribution in [-0.4, -0.2) is 24.3 Å². The number of nitrogens with zero attached hydrogens (tertiary/aromatic N) is 1. The van der Waals surface area contributed by atoms with E-state index < -0.39 is 24.5 Å². The predicted octanol–water partition coefficient (Wildman–Crippen LogP) is 2.66. The van der Waals surface area contributed by atoms with Gasteiger partial charge in [0.15, 0.2) is 12.4 Å². The number of alkyl halides is 3. The average Bonchev–Trinajstić information content (AvgIpc) is 2.29. The summed E-state index contributed by atoms with van der Waals surface area (Å²) >= 11 is 0. The van der Waals surface area contributed by atoms with E-state index in [2.05, 4.69) is 15.0 Å². The van der Waals surface area contributed by atoms with Crippen LogP contribution in [0.5, 0.6) is 5.88 Å². The summed E-state index contributed by atoms with van der Waals surface area (Å²) in [5.74, 6) is -1.48. The average molecular weight is 266 g/mol. The van der Waals surface area contributed by atoms with Crippen molar-refractivity contribution in [3.05, 3.63) is 23.6 Å². The Hall–Kier alpha value is -1.37. The fraction of sp³-hybridized carbons (Fsp3) is 0.545. The van der Waals surface area contributed by atoms with Gasteiger partial charge in [0, 0.05) is 18.3 Å². The lowest BCUT2D eigenvalue weighted by Gasteiger charge is -2.11. The van der Waals surface area contributed by atoms with Crippen molar-refractivity contribution < 1.29 is 22.3 Å². The molecule has 0 aromatic carbocycles. The largest absolute Gasteiger partial charge is 0.466 e. The molecule has 1 aromatic heterocycles. The number of aromatic nitrogens is 1. The normalized spacial score (nSPS) is 11.6. The van der Waals surface area contributed by atoms with Gasteiger partial charge in [-0.2, -0.15) is 13.2 Å². The van der Waals surface area contributed by atoms with E-state index in [9.17, 15) is 17.6 Å². The van der Waals surface area contributed by atoms with Gasteiger partial charge in [-0.25, -0.2) is 9.37 Å². The molecule has 0 amide bonds. The minimum absolute atomic E-state index is 0.227. The molecule has 3 nitrogen and oxygen atoms in total. The van der Waals surface area contributed by atoms with Crippen LogP contribution in [0.2, 0.25) is 0 Å². The number of halogens is 4. The lowest BCUT2D eigenvalue weighted by molar-refractivity contribution is -0.154. The van der Waals surface area contributed by atoms with Crippen molar-refractivity contribution in [2.24, 2.45) is 0 Å². The third kappa shape index (κ3) is 4.87. The second-order valence-corrected chi connectivity index (χ2v) is 3.67. The molecule has 1 aromatic rings. The molecule has 0 saturated heterocycles. The Balaban J connectivity index is 2.66. The summed E-state index contributed by atoms with van der Waals surface area (Å²) in [5, 5.41) is 2.95. The molecule has 0 radical (unpaired) electrons. The summed E-state index contributed by atoms with van der Waals surface area (Å²) in [6.07, 6.45) is -2.41. The second-order valence-electron chi connectivity index (χ2n) is 3.67. The van der Waals surface area contributed by atoms with Crippen LogP contribution >= 0.6 is 0 Å². The number of nitrogens with one attached hydrogen (secondary N) is 1. The molecular weight excluding hydrogens is 252 g/mol. The molecule has 0 aliphatic heterocycles. The molecule has 102 valence electrons. The molecule has 0 atom stereocenters. The fourth-order valence-corrected chi connectivity index (χ4v) is 1.25. The monoisotopic (exact) mass is 266 g/mol. The Kier molecular flexibility index (Phi) is 5.33. The molecule has 0 saturated carbocycles. The molecule has 18 heavy (non-hydrogen) atoms. The molecule has 1 N–H and O–H groups in total. The maximum absolute atomic E-state index is 13.7. The van der Waals surface area contributed by atoms with Crippen LogP contribution < -0.4 is 10.1 Å². The highest BCUT2D eigenvalue weighted by Crippen LogP contribution is 2.21. The maximum atomic E-state index is 13.7. The van der Waals surface area contributed by atoms with Crippen molar-refractivity contribution in [3.8, 4) is 5.88 Å². The summed E-state index contributed by atoms with van der Waals surface area (Å²) in [6.45, 7) is 1.32. The third-order valence-corrected chi connectivity index (χ3v) is 2.05. The van der Waals surface area contributed by atoms with Gasteiger partial charge in [0.1, 0.15) is 0 Å². The molecule has 0 aliphatic rings. The van der Waals surface area contributed by atoms with Crippen molar-refractivity contribution in [1.82, 2.24) is 10.3 Å². The second kappa shape index (κ2) is 6.53. The van der Waals surface area contributed by atoms with E-state index >= 15 is 0 Å². The van der Waals surface area contributed by atoms with E-state index in [-0.39, 0.29) is 12.1 Å². The van der Waals surface area contributed by atoms with E-state index in [1.807, 2.05) is 6.92 Å². The molecule has 0 unspecified atom stereocenters. The van der Waals surface area contributed by atoms with Crippen molar-refractivity contribution in [2.75, 3.05) is 13.2 Å². The Morgan fingerprint density at radius 2 is 2.11 bits per heavy atom. The zero-order valence-corrected chi connectivity index (χ0v) is 9.85. The van der Waals surface area contributed by atoms with Gasteiger partial charge in [-0.05, 0) is 19.0 Å². The van der Waals surface area contributed by atoms with Crippen LogP contribution in [0.15, 0.2) is 12.3 Å². The van der Waals surface area contributed by atoms with Gasteiger partial charge in [-0.1, -0.05) is 6.92 Å². The summed E-state index contributed by atoms with van der Waals surface area (Å²) in [6, 6.07) is 1.40. The molecule has 0 bridgehead atoms. The zero-order valence-electron chi connectivity index (χ0n) is 9.85. The van der Waals surface area contributed by atoms with E-state index in [0.717, 1.165) is 6.42 Å². The number of hydrogen-bond acceptors (Lipinski definition) is 3. The van der Waals surface area contributed by atoms with Gasteiger partial charge in [-0.3, -0.25) is 0 Å². The molecule has 0 spiro atoms. The van der Waals surface area contributed by atoms with Crippen molar-refractivity contribution in [1.29, 1.82) is 0 Å². The highest BCUT2D eigenvalue weighted by atomic mass is 19.4. The third-order valence-electron chi connectivity index (χ3n) is 2.05. The van der Waals surface area contributed by atoms with E-state index in [1.165, 1.54) is 12.3 Å². The maximum Gasteiger partial charge on any atom is 0.422 e. The standard InChI is InChI=1S/C11H14F4N2O/c1-2-4-16-6-8-3-5-17-10(9(8)12)18-7-11(13,14)15/h3,5,16H,2,4,6-7H2,1H3. The minimum atomic E-state index is -4.51. The van der Waals surface area contributed by atoms with Crippen LogP contribution in [0.3, 0.4) is 0 Å². The van der Waals surface area contributed by atoms with Crippen LogP contribution in [0.25, 0.3) is 0 Å². The summed E-state index contributed by atoms with van der Waals surface area (Å²) in [4.78, 5) is 3.45. The van der Waals surface area contributed by atoms with Crippen LogP contribution in [0.4, 0.5) is 17.6 Å². The lowest BCUT2D eigenvalue weighted by atomic mass is 10.2. The number of pyridine rings is 1. The molecule has 1 rings (SSSR count). The number of hydrogen-bond donors (Lipinski definition) is 1. The number of ether oxygens (including phenoxy) is 1. The van der Waals surface area contributed by atoms with Crippen molar-refractivity contribution >= 4 is 0 Å². The molecule has 0 fully saturated rings. The first kappa shape index (κ1) is 14.7. The van der Waals surface area contributed by atoms with Gasteiger partial charge in [0.05, 0.1) is 0 Å². The SMILES string of the molecule is CCCNCc1ccnc(OCC(F)(F)F)c1F. The molecule has 1 heterocycles. The Morgan fingerprint density at radius 1 is 1.39 bits per heavy atom. The Bertz CT molecular complexity index is 382. The van der Waals surface area contributed by atoms with Crippen LogP contribution in [-0.2, 0) is 6.54 Å². The van der Waals surface area contributed by atoms with Crippen LogP contribution in [0.1, 0.15) is 18.9 Å². The smallest absolute Gasteiger partial charge is 0.422 e. The van der Waals surface area contributed by atoms with Gasteiger partial charge in [0.2, 0.25) is 0 Å². The van der Waals surface area contributed by atoms with Gasteiger partial charge in [-0.15, -0.1) is 0 Å². The highest BCUT2D eigenvalue weighted by Gasteiger charge is 2.29. The number of rotatable bonds is 6. The first-order chi connectivity index (χ1) is 8.44. The van der Waals surface area contributed by atoms with Crippen molar-refractivity contribution in [2.45, 2.75) is 26.1 Å². The predicted molar refractivity (Wildman–Crippen MR) is 57.7 cm³/mol. The van der Waals surface area contributed by atoms with Gasteiger partial charge >= 0.3 is 6.18 Å². The van der Waals surface area contributed by atoms with Crippen LogP contribution in [0, 0.1) is 5.82 Å². The fourth-order valence-electron chi connectivity index (χ4n) is 1.25. The molecule has 7 heteroatoms. The Labute approximate surface area is 102 Å². The summed E-state index contributed by atoms with van der Waals surface area (Å²) in [7, 11) is 0. The van der Waals surface area contributed by atoms with E-state index in [4.69, 9.17) is 0 Å². The van der Waals surface area contributed by atoms with E-state index in [1.54, 1.807) is 0 Å². The minimum Gasteiger partial charge on any atom is -0.466 e. The Morgan fingerprint density at radius 3 is 2.72 bits per heavy atom. The topological polar surface area (TPSA) is 34.2 Å². The first-order valence-corrected chi connectivity index (χ1v) is 5.47. The first-order valence-electron chi connectivity index (χ1n) is 5.47. The summed E-state index contributed by atoms with van der Waals surface area (Å²) in [5.41, 5.74) is 0.232. The van der Waals surface area contributed by atoms with E-state index in [0.29, 0.717) is 6.54 Å². The molecule has 0 aliphatic carbocycles. The highest BCUT2D eigenvalue weighted by molar-refractivity contribution is 5.23. The van der Waals surface area contributed by atoms with Crippen molar-refractivity contribution in [3.63, 3.8) is 0 Å². The lowest BCUT2D eigenvalue weighted by Crippen LogP contribution is -2.21. The molecular formula is C11H14F4N2O.